The van der Waals surface area contributed by atoms with Gasteiger partial charge >= 0.3 is 23.9 Å². The zero-order valence-corrected chi connectivity index (χ0v) is 41.4. The number of carbonyl (C=O) groups is 4. The van der Waals surface area contributed by atoms with Gasteiger partial charge in [0.15, 0.2) is 37.2 Å². The first-order chi connectivity index (χ1) is 33.3. The summed E-state index contributed by atoms with van der Waals surface area (Å²) in [7, 11) is 0. The molecule has 0 saturated carbocycles. The maximum absolute atomic E-state index is 12.0. The highest BCUT2D eigenvalue weighted by atomic mass is 16.8. The molecule has 22 nitrogen and oxygen atoms in total. The first-order valence-corrected chi connectivity index (χ1v) is 25.3. The molecule has 0 amide bonds. The van der Waals surface area contributed by atoms with Crippen LogP contribution in [0.2, 0.25) is 0 Å². The summed E-state index contributed by atoms with van der Waals surface area (Å²) in [5.74, 6) is -3.52. The van der Waals surface area contributed by atoms with Crippen LogP contribution < -0.4 is 0 Å². The second kappa shape index (κ2) is 33.2. The molecule has 9 N–H and O–H groups in total. The third kappa shape index (κ3) is 21.8. The van der Waals surface area contributed by atoms with Crippen molar-refractivity contribution >= 4 is 23.9 Å². The number of aliphatic carboxylic acids is 1. The van der Waals surface area contributed by atoms with E-state index in [1.165, 1.54) is 0 Å². The second-order valence-electron chi connectivity index (χ2n) is 18.8. The van der Waals surface area contributed by atoms with E-state index >= 15 is 0 Å². The Hall–Kier alpha value is -2.68. The van der Waals surface area contributed by atoms with Gasteiger partial charge in [-0.25, -0.2) is 4.79 Å². The van der Waals surface area contributed by atoms with Gasteiger partial charge in [-0.15, -0.1) is 0 Å². The normalized spacial score (nSPS) is 31.0. The van der Waals surface area contributed by atoms with Crippen LogP contribution in [0.3, 0.4) is 0 Å². The molecule has 22 heteroatoms. The number of esters is 3. The summed E-state index contributed by atoms with van der Waals surface area (Å²) < 4.78 is 51.7. The molecule has 0 radical (unpaired) electrons. The highest BCUT2D eigenvalue weighted by Gasteiger charge is 2.53. The smallest absolute Gasteiger partial charge is 0.332 e. The molecule has 0 bridgehead atoms. The number of carboxylic acid groups (broad SMARTS) is 1. The van der Waals surface area contributed by atoms with Crippen LogP contribution in [0.25, 0.3) is 0 Å². The van der Waals surface area contributed by atoms with E-state index in [4.69, 9.17) is 47.7 Å². The molecule has 3 rings (SSSR count). The van der Waals surface area contributed by atoms with Crippen LogP contribution in [0.5, 0.6) is 0 Å². The van der Waals surface area contributed by atoms with Gasteiger partial charge in [0.2, 0.25) is 0 Å². The van der Waals surface area contributed by atoms with Crippen molar-refractivity contribution in [2.75, 3.05) is 19.8 Å². The zero-order chi connectivity index (χ0) is 51.8. The lowest BCUT2D eigenvalue weighted by Gasteiger charge is -2.47. The molecular formula is C48H84O22. The minimum Gasteiger partial charge on any atom is -0.479 e. The van der Waals surface area contributed by atoms with Crippen molar-refractivity contribution in [3.8, 4) is 0 Å². The third-order valence-corrected chi connectivity index (χ3v) is 12.8. The predicted octanol–water partition coefficient (Wildman–Crippen LogP) is 1.80. The average Bonchev–Trinajstić information content (AvgIpc) is 3.30. The van der Waals surface area contributed by atoms with Crippen LogP contribution in [0.15, 0.2) is 0 Å². The summed E-state index contributed by atoms with van der Waals surface area (Å²) in [4.78, 5) is 46.2. The van der Waals surface area contributed by atoms with Gasteiger partial charge in [0.25, 0.3) is 0 Å². The quantitative estimate of drug-likeness (QED) is 0.0252. The lowest BCUT2D eigenvalue weighted by Crippen LogP contribution is -2.65. The number of aliphatic hydroxyl groups is 8. The van der Waals surface area contributed by atoms with Crippen molar-refractivity contribution in [2.45, 2.75) is 260 Å². The van der Waals surface area contributed by atoms with E-state index in [0.717, 1.165) is 104 Å². The third-order valence-electron chi connectivity index (χ3n) is 12.8. The van der Waals surface area contributed by atoms with E-state index in [9.17, 15) is 60.0 Å². The van der Waals surface area contributed by atoms with Crippen molar-refractivity contribution in [3.63, 3.8) is 0 Å². The Morgan fingerprint density at radius 2 is 1.06 bits per heavy atom. The van der Waals surface area contributed by atoms with Gasteiger partial charge < -0.3 is 88.6 Å². The van der Waals surface area contributed by atoms with Crippen LogP contribution in [-0.4, -0.2) is 194 Å². The van der Waals surface area contributed by atoms with Gasteiger partial charge in [-0.1, -0.05) is 96.8 Å². The Morgan fingerprint density at radius 3 is 1.63 bits per heavy atom. The molecule has 0 aromatic rings. The van der Waals surface area contributed by atoms with Gasteiger partial charge in [0.1, 0.15) is 55.4 Å². The van der Waals surface area contributed by atoms with E-state index in [0.29, 0.717) is 38.5 Å². The molecule has 0 spiro atoms. The zero-order valence-electron chi connectivity index (χ0n) is 41.4. The molecule has 408 valence electrons. The van der Waals surface area contributed by atoms with Crippen LogP contribution in [0.4, 0.5) is 0 Å². The van der Waals surface area contributed by atoms with Crippen molar-refractivity contribution in [1.82, 2.24) is 0 Å². The maximum atomic E-state index is 12.0. The molecule has 3 aliphatic heterocycles. The Balaban J connectivity index is 1.59. The SMILES string of the molecule is CCCCC[C@H](CCC[C@H](O)[C@H](O)CCCCCCCCCCCCC[C@H](O)C(=O)O)OC1OCC(O)C(O)C1OC1OCC(OC(C)=O)C(O)C1OC1OC(COC(C)=O)C(OC(C)=O)C(O)C1O. The first kappa shape index (κ1) is 61.6. The van der Waals surface area contributed by atoms with E-state index in [1.807, 2.05) is 6.92 Å². The summed E-state index contributed by atoms with van der Waals surface area (Å²) in [6.45, 7) is 4.01. The van der Waals surface area contributed by atoms with E-state index in [-0.39, 0.29) is 13.0 Å². The van der Waals surface area contributed by atoms with Crippen LogP contribution >= 0.6 is 0 Å². The highest BCUT2D eigenvalue weighted by Crippen LogP contribution is 2.33. The number of unbranched alkanes of at least 4 members (excludes halogenated alkanes) is 12. The Kier molecular flexibility index (Phi) is 29.2. The molecule has 17 atom stereocenters. The van der Waals surface area contributed by atoms with E-state index < -0.39 is 141 Å². The predicted molar refractivity (Wildman–Crippen MR) is 244 cm³/mol. The number of carboxylic acids is 1. The van der Waals surface area contributed by atoms with Gasteiger partial charge in [-0.05, 0) is 38.5 Å². The summed E-state index contributed by atoms with van der Waals surface area (Å²) >= 11 is 0. The highest BCUT2D eigenvalue weighted by molar-refractivity contribution is 5.71. The van der Waals surface area contributed by atoms with Gasteiger partial charge in [0.05, 0.1) is 31.5 Å². The van der Waals surface area contributed by atoms with Crippen molar-refractivity contribution in [2.24, 2.45) is 0 Å². The molecule has 0 aromatic carbocycles. The minimum absolute atomic E-state index is 0.287. The molecule has 3 saturated heterocycles. The molecule has 3 fully saturated rings. The molecule has 3 aliphatic rings. The fourth-order valence-electron chi connectivity index (χ4n) is 8.80. The Bertz CT molecular complexity index is 1490. The van der Waals surface area contributed by atoms with Crippen LogP contribution in [0, 0.1) is 0 Å². The van der Waals surface area contributed by atoms with Crippen molar-refractivity contribution in [3.05, 3.63) is 0 Å². The Morgan fingerprint density at radius 1 is 0.543 bits per heavy atom. The van der Waals surface area contributed by atoms with Crippen molar-refractivity contribution in [1.29, 1.82) is 0 Å². The van der Waals surface area contributed by atoms with Gasteiger partial charge in [0, 0.05) is 20.8 Å². The van der Waals surface area contributed by atoms with E-state index in [1.54, 1.807) is 0 Å². The number of ether oxygens (including phenoxy) is 9. The van der Waals surface area contributed by atoms with Crippen LogP contribution in [-0.2, 0) is 61.8 Å². The van der Waals surface area contributed by atoms with Crippen molar-refractivity contribution < 1.29 is 108 Å². The van der Waals surface area contributed by atoms with Gasteiger partial charge in [-0.3, -0.25) is 14.4 Å². The molecular weight excluding hydrogens is 929 g/mol. The fraction of sp³-hybridized carbons (Fsp3) is 0.917. The second-order valence-corrected chi connectivity index (χ2v) is 18.8. The Labute approximate surface area is 411 Å². The number of rotatable bonds is 34. The maximum Gasteiger partial charge on any atom is 0.332 e. The number of hydrogen-bond acceptors (Lipinski definition) is 21. The summed E-state index contributed by atoms with van der Waals surface area (Å²) in [6, 6.07) is 0. The molecule has 0 aliphatic carbocycles. The minimum atomic E-state index is -1.94. The number of carbonyl (C=O) groups excluding carboxylic acids is 3. The standard InChI is InChI=1S/C48H84O22/c1-5-6-16-20-31(21-19-24-33(53)32(52)22-17-14-12-10-8-7-9-11-13-15-18-23-34(54)45(60)61)67-47-43(38(56)35(55)25-63-47)70-48-44(39(57)36(26-64-48)65-29(3)50)69-46-41(59)40(58)42(66-30(4)51)37(68-46)27-62-28(2)49/h31-44,46-48,52-59H,5-27H2,1-4H3,(H,60,61)/t31-,32-,33+,34+,35?,36?,37?,38?,39?,40?,41?,42?,43?,44?,46?,47?,48?/m1/s1. The molecule has 13 unspecified atom stereocenters. The fourth-order valence-corrected chi connectivity index (χ4v) is 8.80. The topological polar surface area (TPSA) is 333 Å². The summed E-state index contributed by atoms with van der Waals surface area (Å²) in [5, 5.41) is 95.4. The molecule has 0 aromatic heterocycles. The average molecular weight is 1010 g/mol. The largest absolute Gasteiger partial charge is 0.479 e. The lowest BCUT2D eigenvalue weighted by atomic mass is 9.98. The molecule has 70 heavy (non-hydrogen) atoms. The monoisotopic (exact) mass is 1010 g/mol. The summed E-state index contributed by atoms with van der Waals surface area (Å²) in [5.41, 5.74) is 0. The first-order valence-electron chi connectivity index (χ1n) is 25.3. The van der Waals surface area contributed by atoms with E-state index in [2.05, 4.69) is 0 Å². The number of aliphatic hydroxyl groups excluding tert-OH is 8. The molecule has 3 heterocycles. The van der Waals surface area contributed by atoms with Crippen LogP contribution in [0.1, 0.15) is 156 Å². The summed E-state index contributed by atoms with van der Waals surface area (Å²) in [6.07, 6.45) is -8.48. The lowest BCUT2D eigenvalue weighted by molar-refractivity contribution is -0.380. The van der Waals surface area contributed by atoms with Gasteiger partial charge in [-0.2, -0.15) is 0 Å². The number of hydrogen-bond donors (Lipinski definition) is 9.